The van der Waals surface area contributed by atoms with E-state index in [0.717, 1.165) is 31.7 Å². The van der Waals surface area contributed by atoms with Crippen LogP contribution in [-0.4, -0.2) is 71.4 Å². The molecule has 1 aliphatic heterocycles. The Labute approximate surface area is 160 Å². The van der Waals surface area contributed by atoms with Crippen LogP contribution in [0.3, 0.4) is 0 Å². The van der Waals surface area contributed by atoms with Crippen molar-refractivity contribution in [1.29, 1.82) is 0 Å². The van der Waals surface area contributed by atoms with Crippen molar-refractivity contribution < 1.29 is 19.0 Å². The number of carbonyl (C=O) groups excluding carboxylic acids is 1. The third-order valence-corrected chi connectivity index (χ3v) is 4.36. The fourth-order valence-electron chi connectivity index (χ4n) is 2.63. The number of likely N-dealkylation sites (N-methyl/N-ethyl adjacent to an activating group) is 1. The maximum Gasteiger partial charge on any atom is 0.241 e. The van der Waals surface area contributed by atoms with Crippen molar-refractivity contribution in [2.45, 2.75) is 13.0 Å². The second kappa shape index (κ2) is 10.6. The molecule has 1 saturated heterocycles. The zero-order valence-corrected chi connectivity index (χ0v) is 16.6. The maximum atomic E-state index is 11.9. The van der Waals surface area contributed by atoms with E-state index in [-0.39, 0.29) is 12.5 Å². The summed E-state index contributed by atoms with van der Waals surface area (Å²) in [5.74, 6) is 2.40. The molecule has 0 aromatic heterocycles. The van der Waals surface area contributed by atoms with Gasteiger partial charge in [0.1, 0.15) is 0 Å². The van der Waals surface area contributed by atoms with Crippen LogP contribution in [0.1, 0.15) is 12.0 Å². The number of ether oxygens (including phenoxy) is 3. The van der Waals surface area contributed by atoms with Gasteiger partial charge in [-0.2, -0.15) is 0 Å². The predicted octanol–water partition coefficient (Wildman–Crippen LogP) is 0.864. The van der Waals surface area contributed by atoms with Gasteiger partial charge in [0, 0.05) is 33.2 Å². The molecule has 1 fully saturated rings. The van der Waals surface area contributed by atoms with Crippen molar-refractivity contribution in [3.05, 3.63) is 23.8 Å². The molecule has 1 unspecified atom stereocenters. The van der Waals surface area contributed by atoms with Gasteiger partial charge in [0.15, 0.2) is 17.5 Å². The number of aliphatic imine (C=N–C) groups is 1. The number of nitrogens with one attached hydrogen (secondary N) is 2. The largest absolute Gasteiger partial charge is 0.493 e. The van der Waals surface area contributed by atoms with E-state index in [1.807, 2.05) is 18.2 Å². The minimum absolute atomic E-state index is 0.0141. The number of nitrogens with zero attached hydrogens (tertiary/aromatic N) is 2. The molecule has 2 N–H and O–H groups in total. The summed E-state index contributed by atoms with van der Waals surface area (Å²) >= 11 is 0. The molecule has 2 rings (SSSR count). The zero-order valence-electron chi connectivity index (χ0n) is 16.6. The molecule has 1 atom stereocenters. The number of amides is 1. The zero-order chi connectivity index (χ0) is 19.6. The second-order valence-electron chi connectivity index (χ2n) is 6.61. The number of carbonyl (C=O) groups is 1. The van der Waals surface area contributed by atoms with Crippen molar-refractivity contribution in [2.24, 2.45) is 10.9 Å². The molecule has 0 bridgehead atoms. The quantitative estimate of drug-likeness (QED) is 0.516. The Hall–Kier alpha value is -2.48. The van der Waals surface area contributed by atoms with Crippen molar-refractivity contribution >= 4 is 11.9 Å². The van der Waals surface area contributed by atoms with Crippen LogP contribution >= 0.6 is 0 Å². The Balaban J connectivity index is 2.02. The number of hydrogen-bond donors (Lipinski definition) is 2. The minimum atomic E-state index is -0.0141. The molecule has 1 aromatic carbocycles. The molecule has 1 aliphatic rings. The predicted molar refractivity (Wildman–Crippen MR) is 104 cm³/mol. The Bertz CT molecular complexity index is 643. The average molecular weight is 378 g/mol. The first kappa shape index (κ1) is 20.8. The molecule has 1 heterocycles. The van der Waals surface area contributed by atoms with Gasteiger partial charge in [-0.3, -0.25) is 4.79 Å². The van der Waals surface area contributed by atoms with Crippen molar-refractivity contribution in [3.63, 3.8) is 0 Å². The summed E-state index contributed by atoms with van der Waals surface area (Å²) in [4.78, 5) is 18.0. The van der Waals surface area contributed by atoms with Crippen LogP contribution in [0, 0.1) is 5.92 Å². The average Bonchev–Trinajstić information content (AvgIpc) is 3.20. The summed E-state index contributed by atoms with van der Waals surface area (Å²) in [7, 11) is 6.67. The summed E-state index contributed by atoms with van der Waals surface area (Å²) in [6.07, 6.45) is 1.03. The van der Waals surface area contributed by atoms with Crippen LogP contribution in [0.2, 0.25) is 0 Å². The molecule has 0 spiro atoms. The summed E-state index contributed by atoms with van der Waals surface area (Å²) in [5.41, 5.74) is 0.983. The molecular formula is C19H30N4O4. The lowest BCUT2D eigenvalue weighted by Crippen LogP contribution is -2.44. The van der Waals surface area contributed by atoms with E-state index < -0.39 is 0 Å². The molecule has 8 nitrogen and oxygen atoms in total. The van der Waals surface area contributed by atoms with Crippen LogP contribution in [0.4, 0.5) is 0 Å². The van der Waals surface area contributed by atoms with Crippen LogP contribution in [0.5, 0.6) is 11.5 Å². The highest BCUT2D eigenvalue weighted by atomic mass is 16.5. The number of hydrogen-bond acceptors (Lipinski definition) is 5. The summed E-state index contributed by atoms with van der Waals surface area (Å²) in [6, 6.07) is 5.70. The highest BCUT2D eigenvalue weighted by Gasteiger charge is 2.16. The third kappa shape index (κ3) is 6.63. The molecule has 0 radical (unpaired) electrons. The van der Waals surface area contributed by atoms with Crippen molar-refractivity contribution in [3.8, 4) is 11.5 Å². The fourth-order valence-corrected chi connectivity index (χ4v) is 2.63. The molecule has 1 amide bonds. The smallest absolute Gasteiger partial charge is 0.241 e. The van der Waals surface area contributed by atoms with Crippen LogP contribution < -0.4 is 20.1 Å². The van der Waals surface area contributed by atoms with E-state index in [9.17, 15) is 4.79 Å². The third-order valence-electron chi connectivity index (χ3n) is 4.36. The van der Waals surface area contributed by atoms with Gasteiger partial charge in [-0.15, -0.1) is 0 Å². The van der Waals surface area contributed by atoms with E-state index in [0.29, 0.717) is 29.9 Å². The first-order valence-corrected chi connectivity index (χ1v) is 9.04. The Morgan fingerprint density at radius 3 is 2.67 bits per heavy atom. The van der Waals surface area contributed by atoms with E-state index in [1.54, 1.807) is 33.2 Å². The molecule has 27 heavy (non-hydrogen) atoms. The van der Waals surface area contributed by atoms with Crippen LogP contribution in [0.15, 0.2) is 23.2 Å². The van der Waals surface area contributed by atoms with Crippen LogP contribution in [-0.2, 0) is 16.1 Å². The number of guanidine groups is 1. The van der Waals surface area contributed by atoms with Gasteiger partial charge in [0.2, 0.25) is 5.91 Å². The standard InChI is InChI=1S/C19H30N4O4/c1-23(2)18(24)12-22-19(21-11-15-7-8-27-13-15)20-10-14-5-6-16(25-3)17(9-14)26-4/h5-6,9,15H,7-8,10-13H2,1-4H3,(H2,20,21,22). The van der Waals surface area contributed by atoms with Crippen molar-refractivity contribution in [1.82, 2.24) is 15.5 Å². The Morgan fingerprint density at radius 1 is 1.26 bits per heavy atom. The maximum absolute atomic E-state index is 11.9. The molecule has 1 aromatic rings. The summed E-state index contributed by atoms with van der Waals surface area (Å²) in [6.45, 7) is 2.95. The van der Waals surface area contributed by atoms with E-state index in [2.05, 4.69) is 15.6 Å². The topological polar surface area (TPSA) is 84.4 Å². The monoisotopic (exact) mass is 378 g/mol. The van der Waals surface area contributed by atoms with Gasteiger partial charge in [0.25, 0.3) is 0 Å². The van der Waals surface area contributed by atoms with Gasteiger partial charge in [0.05, 0.1) is 33.9 Å². The first-order chi connectivity index (χ1) is 13.0. The first-order valence-electron chi connectivity index (χ1n) is 9.04. The van der Waals surface area contributed by atoms with E-state index in [1.165, 1.54) is 0 Å². The Morgan fingerprint density at radius 2 is 2.04 bits per heavy atom. The van der Waals surface area contributed by atoms with Gasteiger partial charge >= 0.3 is 0 Å². The molecular weight excluding hydrogens is 348 g/mol. The lowest BCUT2D eigenvalue weighted by atomic mass is 10.1. The minimum Gasteiger partial charge on any atom is -0.493 e. The molecule has 0 aliphatic carbocycles. The summed E-state index contributed by atoms with van der Waals surface area (Å²) < 4.78 is 16.0. The van der Waals surface area contributed by atoms with Crippen LogP contribution in [0.25, 0.3) is 0 Å². The van der Waals surface area contributed by atoms with Gasteiger partial charge in [-0.05, 0) is 24.1 Å². The normalized spacial score (nSPS) is 16.7. The van der Waals surface area contributed by atoms with E-state index in [4.69, 9.17) is 14.2 Å². The number of methoxy groups -OCH3 is 2. The second-order valence-corrected chi connectivity index (χ2v) is 6.61. The Kier molecular flexibility index (Phi) is 8.19. The van der Waals surface area contributed by atoms with Gasteiger partial charge in [-0.1, -0.05) is 6.07 Å². The highest BCUT2D eigenvalue weighted by Crippen LogP contribution is 2.27. The number of rotatable bonds is 8. The van der Waals surface area contributed by atoms with Gasteiger partial charge in [-0.25, -0.2) is 4.99 Å². The molecule has 0 saturated carbocycles. The van der Waals surface area contributed by atoms with Crippen molar-refractivity contribution in [2.75, 3.05) is 54.6 Å². The van der Waals surface area contributed by atoms with E-state index >= 15 is 0 Å². The highest BCUT2D eigenvalue weighted by molar-refractivity contribution is 5.86. The molecule has 8 heteroatoms. The SMILES string of the molecule is COc1ccc(CN=C(NCC(=O)N(C)C)NCC2CCOC2)cc1OC. The lowest BCUT2D eigenvalue weighted by Gasteiger charge is -2.16. The lowest BCUT2D eigenvalue weighted by molar-refractivity contribution is -0.127. The molecule has 150 valence electrons. The van der Waals surface area contributed by atoms with Gasteiger partial charge < -0.3 is 29.7 Å². The number of benzene rings is 1. The summed E-state index contributed by atoms with van der Waals surface area (Å²) in [5, 5.41) is 6.41. The fraction of sp³-hybridized carbons (Fsp3) is 0.579.